The predicted octanol–water partition coefficient (Wildman–Crippen LogP) is 1.03. The van der Waals surface area contributed by atoms with Gasteiger partial charge in [0.25, 0.3) is 0 Å². The number of nitrogens with zero attached hydrogens (tertiary/aromatic N) is 2. The molecule has 0 amide bonds. The minimum Gasteiger partial charge on any atom is -0.395 e. The molecule has 1 N–H and O–H groups in total. The van der Waals surface area contributed by atoms with Crippen molar-refractivity contribution in [3.63, 3.8) is 0 Å². The molecule has 0 saturated carbocycles. The molecular weight excluding hydrogens is 188 g/mol. The number of hydrogen-bond acceptors (Lipinski definition) is 3. The molecule has 1 fully saturated rings. The Morgan fingerprint density at radius 2 is 2.00 bits per heavy atom. The van der Waals surface area contributed by atoms with E-state index in [2.05, 4.69) is 37.6 Å². The Hall–Kier alpha value is -0.120. The van der Waals surface area contributed by atoms with Crippen molar-refractivity contribution in [3.05, 3.63) is 0 Å². The Morgan fingerprint density at radius 1 is 1.33 bits per heavy atom. The number of hydrogen-bond donors (Lipinski definition) is 1. The van der Waals surface area contributed by atoms with E-state index in [1.165, 1.54) is 6.42 Å². The highest BCUT2D eigenvalue weighted by Crippen LogP contribution is 2.15. The molecule has 1 heterocycles. The van der Waals surface area contributed by atoms with Crippen molar-refractivity contribution in [1.82, 2.24) is 9.80 Å². The van der Waals surface area contributed by atoms with Gasteiger partial charge in [-0.15, -0.1) is 0 Å². The number of piperazine rings is 1. The van der Waals surface area contributed by atoms with Crippen LogP contribution >= 0.6 is 0 Å². The number of likely N-dealkylation sites (N-methyl/N-ethyl adjacent to an activating group) is 1. The minimum atomic E-state index is 0.287. The molecule has 1 rings (SSSR count). The maximum atomic E-state index is 9.36. The third kappa shape index (κ3) is 3.74. The Kier molecular flexibility index (Phi) is 5.03. The van der Waals surface area contributed by atoms with E-state index in [4.69, 9.17) is 0 Å². The van der Waals surface area contributed by atoms with Crippen molar-refractivity contribution in [2.45, 2.75) is 39.3 Å². The van der Waals surface area contributed by atoms with Crippen LogP contribution in [0.1, 0.15) is 27.2 Å². The average Bonchev–Trinajstić information content (AvgIpc) is 2.19. The largest absolute Gasteiger partial charge is 0.395 e. The molecule has 0 radical (unpaired) electrons. The van der Waals surface area contributed by atoms with Gasteiger partial charge in [0.05, 0.1) is 6.61 Å². The molecule has 3 heteroatoms. The van der Waals surface area contributed by atoms with E-state index in [0.29, 0.717) is 12.1 Å². The minimum absolute atomic E-state index is 0.287. The standard InChI is InChI=1S/C12H26N2O/c1-10(2)5-6-14-7-11(3)13(4)8-12(14)9-15/h10-12,15H,5-9H2,1-4H3. The molecule has 1 aliphatic heterocycles. The van der Waals surface area contributed by atoms with Crippen LogP contribution < -0.4 is 0 Å². The van der Waals surface area contributed by atoms with E-state index in [9.17, 15) is 5.11 Å². The summed E-state index contributed by atoms with van der Waals surface area (Å²) < 4.78 is 0. The van der Waals surface area contributed by atoms with Gasteiger partial charge in [-0.3, -0.25) is 4.90 Å². The molecule has 2 atom stereocenters. The Labute approximate surface area is 94.1 Å². The first kappa shape index (κ1) is 12.9. The van der Waals surface area contributed by atoms with E-state index >= 15 is 0 Å². The Bertz CT molecular complexity index is 184. The average molecular weight is 214 g/mol. The second-order valence-electron chi connectivity index (χ2n) is 5.30. The second kappa shape index (κ2) is 5.83. The summed E-state index contributed by atoms with van der Waals surface area (Å²) in [6, 6.07) is 0.949. The molecule has 3 nitrogen and oxygen atoms in total. The predicted molar refractivity (Wildman–Crippen MR) is 64.0 cm³/mol. The third-order valence-electron chi connectivity index (χ3n) is 3.47. The van der Waals surface area contributed by atoms with Crippen molar-refractivity contribution in [2.24, 2.45) is 5.92 Å². The van der Waals surface area contributed by atoms with Crippen LogP contribution in [-0.2, 0) is 0 Å². The van der Waals surface area contributed by atoms with Crippen LogP contribution in [-0.4, -0.2) is 60.3 Å². The molecule has 0 aromatic rings. The molecule has 1 aliphatic rings. The lowest BCUT2D eigenvalue weighted by atomic mass is 10.1. The first-order valence-corrected chi connectivity index (χ1v) is 6.09. The maximum absolute atomic E-state index is 9.36. The van der Waals surface area contributed by atoms with Gasteiger partial charge in [0, 0.05) is 25.2 Å². The van der Waals surface area contributed by atoms with Crippen LogP contribution in [0.4, 0.5) is 0 Å². The van der Waals surface area contributed by atoms with Crippen LogP contribution in [0.2, 0.25) is 0 Å². The van der Waals surface area contributed by atoms with E-state index < -0.39 is 0 Å². The topological polar surface area (TPSA) is 26.7 Å². The van der Waals surface area contributed by atoms with Gasteiger partial charge in [-0.05, 0) is 32.9 Å². The van der Waals surface area contributed by atoms with E-state index in [-0.39, 0.29) is 6.61 Å². The van der Waals surface area contributed by atoms with Crippen LogP contribution in [0.3, 0.4) is 0 Å². The van der Waals surface area contributed by atoms with Crippen LogP contribution in [0.25, 0.3) is 0 Å². The summed E-state index contributed by atoms with van der Waals surface area (Å²) in [6.07, 6.45) is 1.23. The summed E-state index contributed by atoms with van der Waals surface area (Å²) in [5, 5.41) is 9.36. The van der Waals surface area contributed by atoms with Crippen molar-refractivity contribution >= 4 is 0 Å². The Morgan fingerprint density at radius 3 is 2.53 bits per heavy atom. The zero-order chi connectivity index (χ0) is 11.4. The molecule has 1 saturated heterocycles. The summed E-state index contributed by atoms with van der Waals surface area (Å²) in [5.74, 6) is 0.749. The third-order valence-corrected chi connectivity index (χ3v) is 3.47. The fourth-order valence-electron chi connectivity index (χ4n) is 2.13. The second-order valence-corrected chi connectivity index (χ2v) is 5.30. The quantitative estimate of drug-likeness (QED) is 0.757. The fourth-order valence-corrected chi connectivity index (χ4v) is 2.13. The summed E-state index contributed by atoms with van der Waals surface area (Å²) in [6.45, 7) is 10.3. The first-order chi connectivity index (χ1) is 7.04. The van der Waals surface area contributed by atoms with E-state index in [1.807, 2.05) is 0 Å². The molecular formula is C12H26N2O. The van der Waals surface area contributed by atoms with Gasteiger partial charge in [-0.25, -0.2) is 0 Å². The highest BCUT2D eigenvalue weighted by Gasteiger charge is 2.28. The highest BCUT2D eigenvalue weighted by molar-refractivity contribution is 4.84. The zero-order valence-electron chi connectivity index (χ0n) is 10.6. The molecule has 0 spiro atoms. The summed E-state index contributed by atoms with van der Waals surface area (Å²) in [4.78, 5) is 4.79. The van der Waals surface area contributed by atoms with Crippen molar-refractivity contribution in [1.29, 1.82) is 0 Å². The fraction of sp³-hybridized carbons (Fsp3) is 1.00. The molecule has 2 unspecified atom stereocenters. The lowest BCUT2D eigenvalue weighted by Gasteiger charge is -2.43. The summed E-state index contributed by atoms with van der Waals surface area (Å²) in [5.41, 5.74) is 0. The Balaban J connectivity index is 2.45. The van der Waals surface area contributed by atoms with Crippen molar-refractivity contribution < 1.29 is 5.11 Å². The molecule has 0 aliphatic carbocycles. The van der Waals surface area contributed by atoms with Crippen molar-refractivity contribution in [2.75, 3.05) is 33.3 Å². The number of rotatable bonds is 4. The highest BCUT2D eigenvalue weighted by atomic mass is 16.3. The van der Waals surface area contributed by atoms with Gasteiger partial charge in [-0.1, -0.05) is 13.8 Å². The molecule has 90 valence electrons. The molecule has 0 bridgehead atoms. The normalized spacial score (nSPS) is 30.0. The zero-order valence-corrected chi connectivity index (χ0v) is 10.6. The number of aliphatic hydroxyl groups excluding tert-OH is 1. The monoisotopic (exact) mass is 214 g/mol. The lowest BCUT2D eigenvalue weighted by molar-refractivity contribution is 0.0200. The van der Waals surface area contributed by atoms with Gasteiger partial charge < -0.3 is 10.0 Å². The molecule has 15 heavy (non-hydrogen) atoms. The number of aliphatic hydroxyl groups is 1. The van der Waals surface area contributed by atoms with Crippen LogP contribution in [0.5, 0.6) is 0 Å². The van der Waals surface area contributed by atoms with Gasteiger partial charge in [0.1, 0.15) is 0 Å². The molecule has 0 aromatic heterocycles. The van der Waals surface area contributed by atoms with Gasteiger partial charge in [0.15, 0.2) is 0 Å². The molecule has 0 aromatic carbocycles. The SMILES string of the molecule is CC(C)CCN1CC(C)N(C)CC1CO. The maximum Gasteiger partial charge on any atom is 0.0599 e. The van der Waals surface area contributed by atoms with Crippen molar-refractivity contribution in [3.8, 4) is 0 Å². The summed E-state index contributed by atoms with van der Waals surface area (Å²) in [7, 11) is 2.15. The van der Waals surface area contributed by atoms with E-state index in [1.54, 1.807) is 0 Å². The van der Waals surface area contributed by atoms with E-state index in [0.717, 1.165) is 25.6 Å². The van der Waals surface area contributed by atoms with Crippen LogP contribution in [0.15, 0.2) is 0 Å². The smallest absolute Gasteiger partial charge is 0.0599 e. The van der Waals surface area contributed by atoms with Gasteiger partial charge in [0.2, 0.25) is 0 Å². The van der Waals surface area contributed by atoms with Gasteiger partial charge >= 0.3 is 0 Å². The summed E-state index contributed by atoms with van der Waals surface area (Å²) >= 11 is 0. The first-order valence-electron chi connectivity index (χ1n) is 6.09. The van der Waals surface area contributed by atoms with Crippen LogP contribution in [0, 0.1) is 5.92 Å². The van der Waals surface area contributed by atoms with Gasteiger partial charge in [-0.2, -0.15) is 0 Å². The lowest BCUT2D eigenvalue weighted by Crippen LogP contribution is -2.57.